The summed E-state index contributed by atoms with van der Waals surface area (Å²) in [5.74, 6) is 0. The molecule has 0 fully saturated rings. The van der Waals surface area contributed by atoms with E-state index in [-0.39, 0.29) is 0 Å². The zero-order valence-corrected chi connectivity index (χ0v) is 14.9. The highest BCUT2D eigenvalue weighted by atomic mass is 31.2. The van der Waals surface area contributed by atoms with Crippen molar-refractivity contribution in [2.75, 3.05) is 28.4 Å². The Bertz CT molecular complexity index is 544. The molecule has 0 atom stereocenters. The summed E-state index contributed by atoms with van der Waals surface area (Å²) < 4.78 is 46.0. The monoisotopic (exact) mass is 336 g/mol. The average Bonchev–Trinajstić information content (AvgIpc) is 2.50. The van der Waals surface area contributed by atoms with Gasteiger partial charge in [-0.15, -0.1) is 0 Å². The molecule has 0 radical (unpaired) electrons. The van der Waals surface area contributed by atoms with Crippen molar-refractivity contribution in [2.24, 2.45) is 0 Å². The molecule has 21 heavy (non-hydrogen) atoms. The average molecular weight is 336 g/mol. The Morgan fingerprint density at radius 3 is 1.67 bits per heavy atom. The number of hydrogen-bond donors (Lipinski definition) is 0. The third kappa shape index (κ3) is 3.65. The fraction of sp³-hybridized carbons (Fsp3) is 0.538. The first-order chi connectivity index (χ1) is 9.77. The van der Waals surface area contributed by atoms with Crippen molar-refractivity contribution >= 4 is 15.2 Å². The van der Waals surface area contributed by atoms with E-state index < -0.39 is 20.6 Å². The van der Waals surface area contributed by atoms with E-state index in [0.29, 0.717) is 5.56 Å². The van der Waals surface area contributed by atoms with E-state index >= 15 is 0 Å². The van der Waals surface area contributed by atoms with Gasteiger partial charge in [0, 0.05) is 28.4 Å². The van der Waals surface area contributed by atoms with Crippen molar-refractivity contribution < 1.29 is 27.2 Å². The van der Waals surface area contributed by atoms with Crippen LogP contribution < -0.4 is 0 Å². The molecule has 0 amide bonds. The molecule has 0 N–H and O–H groups in total. The summed E-state index contributed by atoms with van der Waals surface area (Å²) >= 11 is 0. The van der Waals surface area contributed by atoms with Crippen molar-refractivity contribution in [3.8, 4) is 0 Å². The molecule has 0 aliphatic carbocycles. The number of aryl methyl sites for hydroxylation is 2. The van der Waals surface area contributed by atoms with Crippen molar-refractivity contribution in [3.05, 3.63) is 34.9 Å². The second-order valence-electron chi connectivity index (χ2n) is 4.54. The Morgan fingerprint density at radius 2 is 1.29 bits per heavy atom. The third-order valence-electron chi connectivity index (χ3n) is 3.33. The number of rotatable bonds is 7. The van der Waals surface area contributed by atoms with Crippen LogP contribution in [-0.2, 0) is 27.2 Å². The molecule has 0 bridgehead atoms. The van der Waals surface area contributed by atoms with E-state index in [2.05, 4.69) is 0 Å². The molecule has 0 heterocycles. The highest BCUT2D eigenvalue weighted by Gasteiger charge is 2.51. The largest absolute Gasteiger partial charge is 0.349 e. The van der Waals surface area contributed by atoms with Crippen LogP contribution in [0.5, 0.6) is 0 Å². The van der Waals surface area contributed by atoms with Gasteiger partial charge in [-0.1, -0.05) is 23.8 Å². The van der Waals surface area contributed by atoms with E-state index in [4.69, 9.17) is 18.1 Å². The van der Waals surface area contributed by atoms with Crippen molar-refractivity contribution in [3.63, 3.8) is 0 Å². The number of benzene rings is 1. The molecule has 1 aromatic rings. The molecular formula is C13H22O6P2. The van der Waals surface area contributed by atoms with Crippen LogP contribution >= 0.6 is 15.2 Å². The Labute approximate surface area is 125 Å². The Kier molecular flexibility index (Phi) is 6.36. The van der Waals surface area contributed by atoms with E-state index in [1.165, 1.54) is 28.4 Å². The molecule has 0 unspecified atom stereocenters. The fourth-order valence-corrected chi connectivity index (χ4v) is 6.95. The lowest BCUT2D eigenvalue weighted by atomic mass is 10.1. The first-order valence-electron chi connectivity index (χ1n) is 6.27. The quantitative estimate of drug-likeness (QED) is 0.692. The van der Waals surface area contributed by atoms with Gasteiger partial charge in [-0.25, -0.2) is 0 Å². The first-order valence-corrected chi connectivity index (χ1v) is 9.50. The zero-order chi connectivity index (χ0) is 16.3. The third-order valence-corrected chi connectivity index (χ3v) is 8.82. The predicted octanol–water partition coefficient (Wildman–Crippen LogP) is 4.27. The van der Waals surface area contributed by atoms with Gasteiger partial charge in [0.1, 0.15) is 0 Å². The van der Waals surface area contributed by atoms with Gasteiger partial charge in [0.05, 0.1) is 0 Å². The second kappa shape index (κ2) is 7.19. The molecule has 0 aliphatic rings. The van der Waals surface area contributed by atoms with Gasteiger partial charge in [-0.05, 0) is 25.0 Å². The van der Waals surface area contributed by atoms with E-state index in [1.807, 2.05) is 26.0 Å². The van der Waals surface area contributed by atoms with Crippen molar-refractivity contribution in [1.29, 1.82) is 0 Å². The smallest absolute Gasteiger partial charge is 0.311 e. The lowest BCUT2D eigenvalue weighted by Gasteiger charge is -2.30. The normalized spacial score (nSPS) is 12.9. The predicted molar refractivity (Wildman–Crippen MR) is 81.9 cm³/mol. The summed E-state index contributed by atoms with van der Waals surface area (Å²) in [6, 6.07) is 5.54. The molecule has 0 aromatic heterocycles. The van der Waals surface area contributed by atoms with Gasteiger partial charge >= 0.3 is 15.2 Å². The van der Waals surface area contributed by atoms with E-state index in [1.54, 1.807) is 6.07 Å². The molecule has 0 spiro atoms. The van der Waals surface area contributed by atoms with Gasteiger partial charge in [0.25, 0.3) is 0 Å². The molecule has 0 saturated carbocycles. The molecule has 120 valence electrons. The van der Waals surface area contributed by atoms with Crippen LogP contribution in [0.25, 0.3) is 0 Å². The van der Waals surface area contributed by atoms with Crippen molar-refractivity contribution in [1.82, 2.24) is 0 Å². The number of hydrogen-bond acceptors (Lipinski definition) is 6. The highest BCUT2D eigenvalue weighted by molar-refractivity contribution is 7.72. The second-order valence-corrected chi connectivity index (χ2v) is 9.60. The maximum atomic E-state index is 12.9. The van der Waals surface area contributed by atoms with E-state index in [9.17, 15) is 9.13 Å². The van der Waals surface area contributed by atoms with Crippen LogP contribution in [0.1, 0.15) is 22.1 Å². The minimum absolute atomic E-state index is 0.564. The van der Waals surface area contributed by atoms with Crippen LogP contribution in [-0.4, -0.2) is 28.4 Å². The van der Waals surface area contributed by atoms with Crippen LogP contribution in [0, 0.1) is 13.8 Å². The van der Waals surface area contributed by atoms with Crippen LogP contribution in [0.15, 0.2) is 18.2 Å². The lowest BCUT2D eigenvalue weighted by Crippen LogP contribution is -2.09. The molecular weight excluding hydrogens is 314 g/mol. The Morgan fingerprint density at radius 1 is 0.857 bits per heavy atom. The fourth-order valence-electron chi connectivity index (χ4n) is 2.10. The van der Waals surface area contributed by atoms with Gasteiger partial charge < -0.3 is 18.1 Å². The summed E-state index contributed by atoms with van der Waals surface area (Å²) in [5.41, 5.74) is 2.29. The van der Waals surface area contributed by atoms with Gasteiger partial charge in [-0.2, -0.15) is 0 Å². The molecule has 8 heteroatoms. The lowest BCUT2D eigenvalue weighted by molar-refractivity contribution is 0.247. The highest BCUT2D eigenvalue weighted by Crippen LogP contribution is 2.78. The van der Waals surface area contributed by atoms with Crippen LogP contribution in [0.3, 0.4) is 0 Å². The van der Waals surface area contributed by atoms with E-state index in [0.717, 1.165) is 11.1 Å². The molecule has 1 aromatic carbocycles. The first kappa shape index (κ1) is 18.6. The topological polar surface area (TPSA) is 71.1 Å². The molecule has 6 nitrogen and oxygen atoms in total. The Hall–Kier alpha value is -0.480. The minimum atomic E-state index is -3.73. The van der Waals surface area contributed by atoms with Gasteiger partial charge in [0.2, 0.25) is 0 Å². The maximum Gasteiger partial charge on any atom is 0.349 e. The molecule has 0 aliphatic heterocycles. The van der Waals surface area contributed by atoms with Crippen molar-refractivity contribution in [2.45, 2.75) is 19.2 Å². The standard InChI is InChI=1S/C13H22O6P2/c1-10-7-8-11(2)12(9-10)13(20(14,16-3)17-4)21(15,18-5)19-6/h7-9,13H,1-6H3. The SMILES string of the molecule is COP(=O)(OC)C(c1cc(C)ccc1C)P(=O)(OC)OC. The zero-order valence-electron chi connectivity index (χ0n) is 13.2. The maximum absolute atomic E-state index is 12.9. The summed E-state index contributed by atoms with van der Waals surface area (Å²) in [6.45, 7) is 3.71. The van der Waals surface area contributed by atoms with Gasteiger partial charge in [0.15, 0.2) is 5.40 Å². The molecule has 1 rings (SSSR count). The summed E-state index contributed by atoms with van der Waals surface area (Å²) in [6.07, 6.45) is 0. The molecule has 0 saturated heterocycles. The van der Waals surface area contributed by atoms with Crippen LogP contribution in [0.2, 0.25) is 0 Å². The Balaban J connectivity index is 3.64. The van der Waals surface area contributed by atoms with Crippen LogP contribution in [0.4, 0.5) is 0 Å². The summed E-state index contributed by atoms with van der Waals surface area (Å²) in [4.78, 5) is 0. The summed E-state index contributed by atoms with van der Waals surface area (Å²) in [5, 5.41) is -1.14. The van der Waals surface area contributed by atoms with Gasteiger partial charge in [-0.3, -0.25) is 9.13 Å². The minimum Gasteiger partial charge on any atom is -0.311 e. The summed E-state index contributed by atoms with van der Waals surface area (Å²) in [7, 11) is -2.46.